The monoisotopic (exact) mass is 390 g/mol. The molecule has 0 aliphatic heterocycles. The number of hydrogen-bond donors (Lipinski definition) is 2. The molecule has 29 heavy (non-hydrogen) atoms. The minimum atomic E-state index is -0.519. The Labute approximate surface area is 167 Å². The zero-order valence-corrected chi connectivity index (χ0v) is 15.5. The number of rotatable bonds is 6. The highest BCUT2D eigenvalue weighted by Crippen LogP contribution is 2.21. The average Bonchev–Trinajstić information content (AvgIpc) is 2.77. The van der Waals surface area contributed by atoms with Crippen molar-refractivity contribution in [1.82, 2.24) is 10.9 Å². The number of carbonyl (C=O) groups is 2. The van der Waals surface area contributed by atoms with E-state index in [-0.39, 0.29) is 12.4 Å². The Kier molecular flexibility index (Phi) is 6.73. The Morgan fingerprint density at radius 1 is 0.828 bits per heavy atom. The van der Waals surface area contributed by atoms with Crippen molar-refractivity contribution in [1.29, 1.82) is 0 Å². The largest absolute Gasteiger partial charge is 0.484 e. The molecule has 3 rings (SSSR count). The maximum Gasteiger partial charge on any atom is 0.276 e. The first-order valence-corrected chi connectivity index (χ1v) is 8.91. The molecule has 0 spiro atoms. The van der Waals surface area contributed by atoms with Crippen LogP contribution in [0.2, 0.25) is 0 Å². The van der Waals surface area contributed by atoms with Gasteiger partial charge in [0.25, 0.3) is 11.8 Å². The number of ether oxygens (including phenoxy) is 1. The Bertz CT molecular complexity index is 985. The standard InChI is InChI=1S/C23H19FN2O3/c24-20-11-6-17(7-12-20)8-15-22(27)25-26-23(28)16-29-21-13-9-19(10-14-21)18-4-2-1-3-5-18/h1-15H,16H2,(H,25,27)(H,26,28). The zero-order valence-electron chi connectivity index (χ0n) is 15.5. The topological polar surface area (TPSA) is 67.4 Å². The van der Waals surface area contributed by atoms with Crippen molar-refractivity contribution in [3.63, 3.8) is 0 Å². The van der Waals surface area contributed by atoms with Crippen molar-refractivity contribution < 1.29 is 18.7 Å². The van der Waals surface area contributed by atoms with E-state index >= 15 is 0 Å². The fourth-order valence-electron chi connectivity index (χ4n) is 2.48. The fraction of sp³-hybridized carbons (Fsp3) is 0.0435. The van der Waals surface area contributed by atoms with Gasteiger partial charge < -0.3 is 4.74 Å². The van der Waals surface area contributed by atoms with Crippen molar-refractivity contribution in [3.05, 3.63) is 96.3 Å². The third kappa shape index (κ3) is 6.32. The third-order valence-electron chi connectivity index (χ3n) is 3.95. The Morgan fingerprint density at radius 2 is 1.48 bits per heavy atom. The molecule has 2 amide bonds. The van der Waals surface area contributed by atoms with E-state index in [1.165, 1.54) is 36.4 Å². The Hall–Kier alpha value is -3.93. The number of nitrogens with one attached hydrogen (secondary N) is 2. The molecule has 0 bridgehead atoms. The lowest BCUT2D eigenvalue weighted by atomic mass is 10.1. The molecule has 0 heterocycles. The minimum absolute atomic E-state index is 0.243. The molecule has 0 radical (unpaired) electrons. The molecule has 0 aromatic heterocycles. The molecule has 0 saturated carbocycles. The number of hydrazine groups is 1. The highest BCUT2D eigenvalue weighted by molar-refractivity contribution is 5.93. The van der Waals surface area contributed by atoms with Crippen LogP contribution in [0.4, 0.5) is 4.39 Å². The van der Waals surface area contributed by atoms with Crippen LogP contribution < -0.4 is 15.6 Å². The first kappa shape index (κ1) is 19.8. The number of benzene rings is 3. The highest BCUT2D eigenvalue weighted by Gasteiger charge is 2.04. The molecule has 2 N–H and O–H groups in total. The Balaban J connectivity index is 1.41. The van der Waals surface area contributed by atoms with E-state index < -0.39 is 11.8 Å². The van der Waals surface area contributed by atoms with Gasteiger partial charge in [-0.25, -0.2) is 4.39 Å². The van der Waals surface area contributed by atoms with Gasteiger partial charge in [0, 0.05) is 6.08 Å². The van der Waals surface area contributed by atoms with Crippen LogP contribution in [0.1, 0.15) is 5.56 Å². The number of carbonyl (C=O) groups excluding carboxylic acids is 2. The molecule has 6 heteroatoms. The van der Waals surface area contributed by atoms with Crippen LogP contribution in [-0.2, 0) is 9.59 Å². The van der Waals surface area contributed by atoms with Gasteiger partial charge in [0.05, 0.1) is 0 Å². The normalized spacial score (nSPS) is 10.5. The van der Waals surface area contributed by atoms with Gasteiger partial charge >= 0.3 is 0 Å². The van der Waals surface area contributed by atoms with Crippen LogP contribution in [0.3, 0.4) is 0 Å². The molecular formula is C23H19FN2O3. The van der Waals surface area contributed by atoms with E-state index in [2.05, 4.69) is 10.9 Å². The van der Waals surface area contributed by atoms with Gasteiger partial charge in [-0.05, 0) is 47.0 Å². The van der Waals surface area contributed by atoms with Crippen molar-refractivity contribution in [2.24, 2.45) is 0 Å². The van der Waals surface area contributed by atoms with Gasteiger partial charge in [-0.1, -0.05) is 54.6 Å². The van der Waals surface area contributed by atoms with Gasteiger partial charge in [0.15, 0.2) is 6.61 Å². The summed E-state index contributed by atoms with van der Waals surface area (Å²) in [5, 5.41) is 0. The second kappa shape index (κ2) is 9.85. The summed E-state index contributed by atoms with van der Waals surface area (Å²) in [7, 11) is 0. The SMILES string of the molecule is O=C(C=Cc1ccc(F)cc1)NNC(=O)COc1ccc(-c2ccccc2)cc1. The zero-order chi connectivity index (χ0) is 20.5. The molecule has 0 aliphatic rings. The summed E-state index contributed by atoms with van der Waals surface area (Å²) in [5.74, 6) is -0.827. The summed E-state index contributed by atoms with van der Waals surface area (Å²) >= 11 is 0. The summed E-state index contributed by atoms with van der Waals surface area (Å²) in [6.45, 7) is -0.243. The fourth-order valence-corrected chi connectivity index (χ4v) is 2.48. The first-order valence-electron chi connectivity index (χ1n) is 8.91. The Morgan fingerprint density at radius 3 is 2.17 bits per heavy atom. The molecule has 0 atom stereocenters. The lowest BCUT2D eigenvalue weighted by Crippen LogP contribution is -2.43. The summed E-state index contributed by atoms with van der Waals surface area (Å²) in [6.07, 6.45) is 2.74. The van der Waals surface area contributed by atoms with Crippen molar-refractivity contribution in [2.45, 2.75) is 0 Å². The molecule has 146 valence electrons. The van der Waals surface area contributed by atoms with Crippen LogP contribution in [0, 0.1) is 5.82 Å². The molecule has 5 nitrogen and oxygen atoms in total. The molecule has 0 aliphatic carbocycles. The number of halogens is 1. The third-order valence-corrected chi connectivity index (χ3v) is 3.95. The predicted molar refractivity (Wildman–Crippen MR) is 109 cm³/mol. The van der Waals surface area contributed by atoms with Gasteiger partial charge in [-0.2, -0.15) is 0 Å². The summed E-state index contributed by atoms with van der Waals surface area (Å²) < 4.78 is 18.2. The second-order valence-electron chi connectivity index (χ2n) is 6.10. The van der Waals surface area contributed by atoms with E-state index in [0.717, 1.165) is 11.1 Å². The predicted octanol–water partition coefficient (Wildman–Crippen LogP) is 3.73. The van der Waals surface area contributed by atoms with Crippen LogP contribution in [0.5, 0.6) is 5.75 Å². The lowest BCUT2D eigenvalue weighted by Gasteiger charge is -2.08. The maximum absolute atomic E-state index is 12.8. The summed E-state index contributed by atoms with van der Waals surface area (Å²) in [4.78, 5) is 23.5. The van der Waals surface area contributed by atoms with Crippen LogP contribution in [-0.4, -0.2) is 18.4 Å². The van der Waals surface area contributed by atoms with Crippen LogP contribution in [0.25, 0.3) is 17.2 Å². The van der Waals surface area contributed by atoms with E-state index in [1.807, 2.05) is 42.5 Å². The van der Waals surface area contributed by atoms with Gasteiger partial charge in [-0.3, -0.25) is 20.4 Å². The molecule has 0 unspecified atom stereocenters. The quantitative estimate of drug-likeness (QED) is 0.498. The molecule has 3 aromatic carbocycles. The van der Waals surface area contributed by atoms with Crippen molar-refractivity contribution >= 4 is 17.9 Å². The minimum Gasteiger partial charge on any atom is -0.484 e. The second-order valence-corrected chi connectivity index (χ2v) is 6.10. The van der Waals surface area contributed by atoms with Gasteiger partial charge in [0.1, 0.15) is 11.6 Å². The van der Waals surface area contributed by atoms with E-state index in [4.69, 9.17) is 4.74 Å². The lowest BCUT2D eigenvalue weighted by molar-refractivity contribution is -0.128. The van der Waals surface area contributed by atoms with Crippen LogP contribution in [0.15, 0.2) is 84.9 Å². The molecule has 0 fully saturated rings. The maximum atomic E-state index is 12.8. The molecular weight excluding hydrogens is 371 g/mol. The smallest absolute Gasteiger partial charge is 0.276 e. The van der Waals surface area contributed by atoms with Crippen LogP contribution >= 0.6 is 0 Å². The first-order chi connectivity index (χ1) is 14.1. The van der Waals surface area contributed by atoms with E-state index in [1.54, 1.807) is 12.1 Å². The number of hydrogen-bond acceptors (Lipinski definition) is 3. The highest BCUT2D eigenvalue weighted by atomic mass is 19.1. The molecule has 0 saturated heterocycles. The average molecular weight is 390 g/mol. The number of amides is 2. The van der Waals surface area contributed by atoms with Crippen molar-refractivity contribution in [2.75, 3.05) is 6.61 Å². The van der Waals surface area contributed by atoms with Gasteiger partial charge in [-0.15, -0.1) is 0 Å². The van der Waals surface area contributed by atoms with E-state index in [0.29, 0.717) is 11.3 Å². The summed E-state index contributed by atoms with van der Waals surface area (Å²) in [5.41, 5.74) is 7.31. The summed E-state index contributed by atoms with van der Waals surface area (Å²) in [6, 6.07) is 22.9. The van der Waals surface area contributed by atoms with Gasteiger partial charge in [0.2, 0.25) is 0 Å². The molecule has 3 aromatic rings. The van der Waals surface area contributed by atoms with E-state index in [9.17, 15) is 14.0 Å². The van der Waals surface area contributed by atoms with Crippen molar-refractivity contribution in [3.8, 4) is 16.9 Å².